The van der Waals surface area contributed by atoms with Crippen molar-refractivity contribution >= 4 is 35.1 Å². The number of Topliss-reactive ketones (excluding diaryl/α,β-unsaturated/α-hetero) is 1. The van der Waals surface area contributed by atoms with E-state index in [2.05, 4.69) is 5.32 Å². The first-order chi connectivity index (χ1) is 21.2. The lowest BCUT2D eigenvalue weighted by molar-refractivity contribution is -0.138. The molecule has 3 aromatic carbocycles. The van der Waals surface area contributed by atoms with E-state index in [1.54, 1.807) is 19.9 Å². The Morgan fingerprint density at radius 3 is 2.34 bits per heavy atom. The van der Waals surface area contributed by atoms with Gasteiger partial charge in [0.1, 0.15) is 23.2 Å². The average Bonchev–Trinajstić information content (AvgIpc) is 3.49. The number of nitrogens with one attached hydrogen (secondary N) is 1. The van der Waals surface area contributed by atoms with Crippen LogP contribution in [-0.4, -0.2) is 29.3 Å². The maximum atomic E-state index is 13.4. The Morgan fingerprint density at radius 1 is 0.955 bits per heavy atom. The van der Waals surface area contributed by atoms with Gasteiger partial charge in [-0.2, -0.15) is 0 Å². The summed E-state index contributed by atoms with van der Waals surface area (Å²) in [6, 6.07) is 21.6. The SMILES string of the molecule is CCOC(=O)C(C)=CC(C)=Cc1csc([C@H](Cc2ccc(OCc3ccccc3)cc2)NC(=O)C(=O)c2ccc(F)cc2)n1. The van der Waals surface area contributed by atoms with Crippen LogP contribution in [0.1, 0.15) is 59.0 Å². The molecule has 4 rings (SSSR count). The van der Waals surface area contributed by atoms with Crippen molar-refractivity contribution in [1.29, 1.82) is 0 Å². The second kappa shape index (κ2) is 15.5. The van der Waals surface area contributed by atoms with Crippen LogP contribution in [0.5, 0.6) is 5.75 Å². The van der Waals surface area contributed by atoms with Crippen molar-refractivity contribution in [2.45, 2.75) is 39.8 Å². The minimum atomic E-state index is -0.819. The van der Waals surface area contributed by atoms with Crippen molar-refractivity contribution in [2.24, 2.45) is 0 Å². The highest BCUT2D eigenvalue weighted by Crippen LogP contribution is 2.25. The van der Waals surface area contributed by atoms with Crippen molar-refractivity contribution in [3.8, 4) is 5.75 Å². The van der Waals surface area contributed by atoms with E-state index in [4.69, 9.17) is 14.5 Å². The molecule has 1 amide bonds. The third kappa shape index (κ3) is 9.31. The van der Waals surface area contributed by atoms with Crippen LogP contribution in [0.15, 0.2) is 101 Å². The Kier molecular flexibility index (Phi) is 11.3. The predicted octanol–water partition coefficient (Wildman–Crippen LogP) is 7.06. The molecule has 0 saturated heterocycles. The van der Waals surface area contributed by atoms with Crippen LogP contribution in [0.2, 0.25) is 0 Å². The fraction of sp³-hybridized carbons (Fsp3) is 0.200. The fourth-order valence-electron chi connectivity index (χ4n) is 4.30. The van der Waals surface area contributed by atoms with Crippen molar-refractivity contribution in [3.63, 3.8) is 0 Å². The van der Waals surface area contributed by atoms with Crippen LogP contribution in [0.4, 0.5) is 4.39 Å². The number of esters is 1. The van der Waals surface area contributed by atoms with E-state index in [0.717, 1.165) is 28.8 Å². The molecular weight excluding hydrogens is 579 g/mol. The number of allylic oxidation sites excluding steroid dienone is 2. The fourth-order valence-corrected chi connectivity index (χ4v) is 5.13. The first-order valence-corrected chi connectivity index (χ1v) is 15.0. The highest BCUT2D eigenvalue weighted by Gasteiger charge is 2.24. The Morgan fingerprint density at radius 2 is 1.66 bits per heavy atom. The van der Waals surface area contributed by atoms with Gasteiger partial charge < -0.3 is 14.8 Å². The number of ether oxygens (including phenoxy) is 2. The standard InChI is InChI=1S/C35H33FN2O5S/c1-4-42-35(41)24(3)18-23(2)19-29-22-44-34(37-29)31(38-33(40)32(39)27-12-14-28(36)15-13-27)20-25-10-16-30(17-11-25)43-21-26-8-6-5-7-9-26/h5-19,22,31H,4,20-21H2,1-3H3,(H,38,40)/t31-/m0/s1. The minimum Gasteiger partial charge on any atom is -0.489 e. The summed E-state index contributed by atoms with van der Waals surface area (Å²) >= 11 is 1.34. The molecular formula is C35H33FN2O5S. The van der Waals surface area contributed by atoms with Crippen LogP contribution in [-0.2, 0) is 27.4 Å². The summed E-state index contributed by atoms with van der Waals surface area (Å²) in [6.45, 7) is 6.02. The van der Waals surface area contributed by atoms with E-state index in [-0.39, 0.29) is 11.5 Å². The second-order valence-corrected chi connectivity index (χ2v) is 10.9. The Labute approximate surface area is 260 Å². The minimum absolute atomic E-state index is 0.0877. The maximum Gasteiger partial charge on any atom is 0.333 e. The number of ketones is 1. The molecule has 4 aromatic rings. The number of carbonyl (C=O) groups excluding carboxylic acids is 3. The first kappa shape index (κ1) is 32.0. The largest absolute Gasteiger partial charge is 0.489 e. The molecule has 9 heteroatoms. The molecule has 0 aliphatic heterocycles. The van der Waals surface area contributed by atoms with E-state index in [9.17, 15) is 18.8 Å². The molecule has 0 aliphatic carbocycles. The molecule has 0 unspecified atom stereocenters. The van der Waals surface area contributed by atoms with Crippen LogP contribution in [0.25, 0.3) is 6.08 Å². The van der Waals surface area contributed by atoms with Crippen LogP contribution >= 0.6 is 11.3 Å². The number of hydrogen-bond donors (Lipinski definition) is 1. The van der Waals surface area contributed by atoms with Gasteiger partial charge in [0.05, 0.1) is 18.3 Å². The van der Waals surface area contributed by atoms with Crippen LogP contribution < -0.4 is 10.1 Å². The van der Waals surface area contributed by atoms with E-state index >= 15 is 0 Å². The number of aromatic nitrogens is 1. The Balaban J connectivity index is 1.52. The average molecular weight is 613 g/mol. The van der Waals surface area contributed by atoms with E-state index in [0.29, 0.717) is 41.7 Å². The molecule has 44 heavy (non-hydrogen) atoms. The molecule has 7 nitrogen and oxygen atoms in total. The zero-order valence-corrected chi connectivity index (χ0v) is 25.5. The van der Waals surface area contributed by atoms with Gasteiger partial charge in [0.15, 0.2) is 0 Å². The molecule has 1 heterocycles. The van der Waals surface area contributed by atoms with Gasteiger partial charge in [-0.25, -0.2) is 14.2 Å². The van der Waals surface area contributed by atoms with Crippen molar-refractivity contribution in [3.05, 3.63) is 135 Å². The molecule has 1 N–H and O–H groups in total. The summed E-state index contributed by atoms with van der Waals surface area (Å²) in [5.74, 6) is -1.77. The molecule has 0 radical (unpaired) electrons. The third-order valence-corrected chi connectivity index (χ3v) is 7.46. The van der Waals surface area contributed by atoms with Gasteiger partial charge in [-0.1, -0.05) is 42.5 Å². The van der Waals surface area contributed by atoms with Crippen molar-refractivity contribution in [1.82, 2.24) is 10.3 Å². The van der Waals surface area contributed by atoms with E-state index in [1.807, 2.05) is 73.0 Å². The Hall–Kier alpha value is -4.89. The zero-order valence-electron chi connectivity index (χ0n) is 24.7. The van der Waals surface area contributed by atoms with Gasteiger partial charge in [0.25, 0.3) is 5.91 Å². The van der Waals surface area contributed by atoms with Crippen LogP contribution in [0, 0.1) is 5.82 Å². The van der Waals surface area contributed by atoms with E-state index in [1.165, 1.54) is 23.5 Å². The third-order valence-electron chi connectivity index (χ3n) is 6.48. The smallest absolute Gasteiger partial charge is 0.333 e. The van der Waals surface area contributed by atoms with Gasteiger partial charge in [0, 0.05) is 16.5 Å². The number of benzene rings is 3. The summed E-state index contributed by atoms with van der Waals surface area (Å²) in [6.07, 6.45) is 3.90. The Bertz CT molecular complexity index is 1640. The topological polar surface area (TPSA) is 94.6 Å². The maximum absolute atomic E-state index is 13.4. The number of amides is 1. The summed E-state index contributed by atoms with van der Waals surface area (Å²) in [4.78, 5) is 42.6. The number of rotatable bonds is 13. The summed E-state index contributed by atoms with van der Waals surface area (Å²) < 4.78 is 24.3. The highest BCUT2D eigenvalue weighted by atomic mass is 32.1. The van der Waals surface area contributed by atoms with E-state index < -0.39 is 23.5 Å². The zero-order chi connectivity index (χ0) is 31.5. The lowest BCUT2D eigenvalue weighted by Gasteiger charge is -2.17. The number of carbonyl (C=O) groups is 3. The summed E-state index contributed by atoms with van der Waals surface area (Å²) in [7, 11) is 0. The van der Waals surface area contributed by atoms with Gasteiger partial charge in [-0.3, -0.25) is 9.59 Å². The van der Waals surface area contributed by atoms with Crippen molar-refractivity contribution < 1.29 is 28.2 Å². The number of halogens is 1. The van der Waals surface area contributed by atoms with Crippen molar-refractivity contribution in [2.75, 3.05) is 6.61 Å². The molecule has 1 aromatic heterocycles. The normalized spacial score (nSPS) is 12.4. The second-order valence-electron chi connectivity index (χ2n) is 10.0. The van der Waals surface area contributed by atoms with Crippen LogP contribution in [0.3, 0.4) is 0 Å². The lowest BCUT2D eigenvalue weighted by atomic mass is 10.0. The molecule has 0 fully saturated rings. The van der Waals surface area contributed by atoms with Gasteiger partial charge in [0.2, 0.25) is 5.78 Å². The monoisotopic (exact) mass is 612 g/mol. The number of nitrogens with zero attached hydrogens (tertiary/aromatic N) is 1. The number of thiazole rings is 1. The molecule has 0 bridgehead atoms. The summed E-state index contributed by atoms with van der Waals surface area (Å²) in [5, 5.41) is 5.26. The summed E-state index contributed by atoms with van der Waals surface area (Å²) in [5.41, 5.74) is 3.95. The quantitative estimate of drug-likeness (QED) is 0.0571. The van der Waals surface area contributed by atoms with Gasteiger partial charge in [-0.05, 0) is 92.4 Å². The van der Waals surface area contributed by atoms with Gasteiger partial charge >= 0.3 is 5.97 Å². The molecule has 0 saturated carbocycles. The molecule has 1 atom stereocenters. The first-order valence-electron chi connectivity index (χ1n) is 14.1. The molecule has 0 spiro atoms. The highest BCUT2D eigenvalue weighted by molar-refractivity contribution is 7.09. The molecule has 0 aliphatic rings. The number of hydrogen-bond acceptors (Lipinski definition) is 7. The molecule has 226 valence electrons. The van der Waals surface area contributed by atoms with Gasteiger partial charge in [-0.15, -0.1) is 11.3 Å². The predicted molar refractivity (Wildman–Crippen MR) is 169 cm³/mol. The lowest BCUT2D eigenvalue weighted by Crippen LogP contribution is -2.35.